The van der Waals surface area contributed by atoms with Crippen molar-refractivity contribution in [2.45, 2.75) is 0 Å². The maximum absolute atomic E-state index is 13.1. The number of nitrogens with zero attached hydrogens (tertiary/aromatic N) is 3. The molecule has 3 aromatic carbocycles. The predicted octanol–water partition coefficient (Wildman–Crippen LogP) is 3.65. The fourth-order valence-electron chi connectivity index (χ4n) is 3.04. The topological polar surface area (TPSA) is 96.6 Å². The number of hydrazone groups is 1. The van der Waals surface area contributed by atoms with E-state index in [0.29, 0.717) is 17.0 Å². The second-order valence-electron chi connectivity index (χ2n) is 6.25. The molecule has 0 unspecified atom stereocenters. The van der Waals surface area contributed by atoms with Gasteiger partial charge in [0.05, 0.1) is 23.6 Å². The van der Waals surface area contributed by atoms with E-state index in [1.807, 2.05) is 6.07 Å². The van der Waals surface area contributed by atoms with Crippen molar-refractivity contribution in [2.24, 2.45) is 5.10 Å². The van der Waals surface area contributed by atoms with Crippen molar-refractivity contribution in [3.63, 3.8) is 0 Å². The van der Waals surface area contributed by atoms with Crippen LogP contribution in [0.4, 0.5) is 16.2 Å². The van der Waals surface area contributed by atoms with Crippen LogP contribution in [0.25, 0.3) is 0 Å². The molecule has 7 nitrogen and oxygen atoms in total. The smallest absolute Gasteiger partial charge is 0.350 e. The number of phenols is 3. The predicted molar refractivity (Wildman–Crippen MR) is 106 cm³/mol. The van der Waals surface area contributed by atoms with Gasteiger partial charge < -0.3 is 15.3 Å². The molecule has 0 fully saturated rings. The molecular formula is C21H17N3O4. The average Bonchev–Trinajstić information content (AvgIpc) is 2.71. The van der Waals surface area contributed by atoms with Gasteiger partial charge in [-0.1, -0.05) is 30.3 Å². The number of benzene rings is 3. The van der Waals surface area contributed by atoms with Crippen LogP contribution in [0.2, 0.25) is 0 Å². The molecule has 1 aliphatic heterocycles. The van der Waals surface area contributed by atoms with Crippen LogP contribution in [0.3, 0.4) is 0 Å². The zero-order valence-electron chi connectivity index (χ0n) is 14.7. The fourth-order valence-corrected chi connectivity index (χ4v) is 3.04. The van der Waals surface area contributed by atoms with Crippen molar-refractivity contribution in [1.29, 1.82) is 0 Å². The summed E-state index contributed by atoms with van der Waals surface area (Å²) in [5, 5.41) is 36.0. The van der Waals surface area contributed by atoms with E-state index in [4.69, 9.17) is 0 Å². The molecule has 3 aromatic rings. The number of hydrogen-bond donors (Lipinski definition) is 3. The SMILES string of the molecule is O=C1N(c2cc(O)ccc2O)CC(c2ccccc2O)=NN1c1ccccc1. The lowest BCUT2D eigenvalue weighted by Gasteiger charge is -2.33. The standard InChI is InChI=1S/C21H17N3O4/c25-15-10-11-20(27)18(12-15)23-13-17(16-8-4-5-9-19(16)26)22-24(21(23)28)14-6-2-1-3-7-14/h1-12,25-27H,13H2. The minimum atomic E-state index is -0.494. The molecule has 4 rings (SSSR count). The summed E-state index contributed by atoms with van der Waals surface area (Å²) in [4.78, 5) is 14.4. The Hall–Kier alpha value is -4.00. The van der Waals surface area contributed by atoms with Gasteiger partial charge in [-0.25, -0.2) is 4.79 Å². The summed E-state index contributed by atoms with van der Waals surface area (Å²) in [5.74, 6) is -0.208. The molecule has 0 aromatic heterocycles. The molecule has 0 aliphatic carbocycles. The van der Waals surface area contributed by atoms with E-state index in [0.717, 1.165) is 0 Å². The zero-order valence-corrected chi connectivity index (χ0v) is 14.7. The number of hydrogen-bond acceptors (Lipinski definition) is 5. The van der Waals surface area contributed by atoms with Crippen molar-refractivity contribution < 1.29 is 20.1 Å². The first-order chi connectivity index (χ1) is 13.5. The lowest BCUT2D eigenvalue weighted by molar-refractivity contribution is 0.251. The van der Waals surface area contributed by atoms with Crippen molar-refractivity contribution in [3.05, 3.63) is 78.4 Å². The maximum atomic E-state index is 13.1. The number of amides is 2. The van der Waals surface area contributed by atoms with Gasteiger partial charge in [-0.2, -0.15) is 10.1 Å². The number of carbonyl (C=O) groups excluding carboxylic acids is 1. The third-order valence-corrected chi connectivity index (χ3v) is 4.41. The van der Waals surface area contributed by atoms with E-state index in [1.165, 1.54) is 34.2 Å². The number of para-hydroxylation sites is 2. The number of phenolic OH excluding ortho intramolecular Hbond substituents is 3. The first kappa shape index (κ1) is 17.4. The molecule has 2 amide bonds. The Morgan fingerprint density at radius 2 is 1.54 bits per heavy atom. The number of carbonyl (C=O) groups is 1. The summed E-state index contributed by atoms with van der Waals surface area (Å²) in [6, 6.07) is 19.0. The molecule has 0 radical (unpaired) electrons. The van der Waals surface area contributed by atoms with E-state index >= 15 is 0 Å². The Balaban J connectivity index is 1.86. The highest BCUT2D eigenvalue weighted by Crippen LogP contribution is 2.34. The van der Waals surface area contributed by atoms with E-state index in [-0.39, 0.29) is 29.5 Å². The summed E-state index contributed by atoms with van der Waals surface area (Å²) < 4.78 is 0. The molecule has 0 atom stereocenters. The van der Waals surface area contributed by atoms with E-state index in [1.54, 1.807) is 42.5 Å². The minimum absolute atomic E-state index is 0.0107. The zero-order chi connectivity index (χ0) is 19.7. The van der Waals surface area contributed by atoms with Gasteiger partial charge in [0.2, 0.25) is 0 Å². The Morgan fingerprint density at radius 1 is 0.821 bits per heavy atom. The van der Waals surface area contributed by atoms with Crippen molar-refractivity contribution in [3.8, 4) is 17.2 Å². The molecule has 28 heavy (non-hydrogen) atoms. The van der Waals surface area contributed by atoms with Gasteiger partial charge in [-0.15, -0.1) is 0 Å². The number of anilines is 2. The summed E-state index contributed by atoms with van der Waals surface area (Å²) in [7, 11) is 0. The third-order valence-electron chi connectivity index (χ3n) is 4.41. The largest absolute Gasteiger partial charge is 0.508 e. The van der Waals surface area contributed by atoms with Crippen molar-refractivity contribution >= 4 is 23.1 Å². The Morgan fingerprint density at radius 3 is 2.29 bits per heavy atom. The highest BCUT2D eigenvalue weighted by Gasteiger charge is 2.32. The molecule has 0 saturated carbocycles. The molecular weight excluding hydrogens is 358 g/mol. The lowest BCUT2D eigenvalue weighted by Crippen LogP contribution is -2.49. The molecule has 1 heterocycles. The monoisotopic (exact) mass is 375 g/mol. The van der Waals surface area contributed by atoms with Crippen LogP contribution in [0.1, 0.15) is 5.56 Å². The van der Waals surface area contributed by atoms with Gasteiger partial charge in [0.15, 0.2) is 0 Å². The van der Waals surface area contributed by atoms with Crippen LogP contribution in [0.15, 0.2) is 77.9 Å². The Labute approximate surface area is 161 Å². The number of rotatable bonds is 3. The quantitative estimate of drug-likeness (QED) is 0.609. The van der Waals surface area contributed by atoms with Crippen LogP contribution < -0.4 is 9.91 Å². The average molecular weight is 375 g/mol. The first-order valence-electron chi connectivity index (χ1n) is 8.59. The van der Waals surface area contributed by atoms with Crippen LogP contribution in [0.5, 0.6) is 17.2 Å². The normalized spacial score (nSPS) is 14.1. The van der Waals surface area contributed by atoms with Crippen molar-refractivity contribution in [1.82, 2.24) is 0 Å². The summed E-state index contributed by atoms with van der Waals surface area (Å²) in [6.45, 7) is 0.0107. The van der Waals surface area contributed by atoms with Crippen LogP contribution >= 0.6 is 0 Å². The summed E-state index contributed by atoms with van der Waals surface area (Å²) in [6.07, 6.45) is 0. The maximum Gasteiger partial charge on any atom is 0.350 e. The van der Waals surface area contributed by atoms with Crippen LogP contribution in [0, 0.1) is 0 Å². The molecule has 1 aliphatic rings. The van der Waals surface area contributed by atoms with Crippen LogP contribution in [-0.4, -0.2) is 33.6 Å². The van der Waals surface area contributed by atoms with Gasteiger partial charge in [-0.05, 0) is 36.4 Å². The number of aromatic hydroxyl groups is 3. The van der Waals surface area contributed by atoms with Crippen molar-refractivity contribution in [2.75, 3.05) is 16.5 Å². The van der Waals surface area contributed by atoms with E-state index < -0.39 is 6.03 Å². The van der Waals surface area contributed by atoms with Gasteiger partial charge in [-0.3, -0.25) is 4.90 Å². The summed E-state index contributed by atoms with van der Waals surface area (Å²) >= 11 is 0. The second kappa shape index (κ2) is 6.96. The molecule has 0 saturated heterocycles. The second-order valence-corrected chi connectivity index (χ2v) is 6.25. The van der Waals surface area contributed by atoms with E-state index in [2.05, 4.69) is 5.10 Å². The van der Waals surface area contributed by atoms with Gasteiger partial charge >= 0.3 is 6.03 Å². The molecule has 140 valence electrons. The van der Waals surface area contributed by atoms with Crippen LogP contribution in [-0.2, 0) is 0 Å². The number of urea groups is 1. The van der Waals surface area contributed by atoms with Gasteiger partial charge in [0, 0.05) is 11.6 Å². The Kier molecular flexibility index (Phi) is 4.33. The molecule has 3 N–H and O–H groups in total. The molecule has 7 heteroatoms. The lowest BCUT2D eigenvalue weighted by atomic mass is 10.1. The van der Waals surface area contributed by atoms with Gasteiger partial charge in [0.25, 0.3) is 0 Å². The minimum Gasteiger partial charge on any atom is -0.508 e. The highest BCUT2D eigenvalue weighted by atomic mass is 16.3. The summed E-state index contributed by atoms with van der Waals surface area (Å²) in [5.41, 5.74) is 1.59. The third kappa shape index (κ3) is 3.09. The first-order valence-corrected chi connectivity index (χ1v) is 8.59. The fraction of sp³-hybridized carbons (Fsp3) is 0.0476. The van der Waals surface area contributed by atoms with Gasteiger partial charge in [0.1, 0.15) is 17.2 Å². The molecule has 0 bridgehead atoms. The Bertz CT molecular complexity index is 1070. The highest BCUT2D eigenvalue weighted by molar-refractivity contribution is 6.17. The van der Waals surface area contributed by atoms with E-state index in [9.17, 15) is 20.1 Å². The molecule has 0 spiro atoms.